The number of pyridine rings is 1. The molecular weight excluding hydrogens is 356 g/mol. The van der Waals surface area contributed by atoms with Gasteiger partial charge in [-0.25, -0.2) is 9.78 Å². The first-order valence-corrected chi connectivity index (χ1v) is 10.7. The summed E-state index contributed by atoms with van der Waals surface area (Å²) in [5.74, 6) is 0.658. The van der Waals surface area contributed by atoms with Crippen LogP contribution in [0.25, 0.3) is 0 Å². The standard InChI is InChI=1S/C18H28N2O5S/c1-18(2,3)25-17(21)20-15(9-5-6-13-24-26(4,22)23)11-10-14-8-7-12-19-16(14)20/h7-8,12,15H,5-6,9-11,13H2,1-4H3. The number of hydrogen-bond acceptors (Lipinski definition) is 6. The van der Waals surface area contributed by atoms with Crippen molar-refractivity contribution >= 4 is 22.0 Å². The quantitative estimate of drug-likeness (QED) is 0.553. The zero-order valence-corrected chi connectivity index (χ0v) is 16.7. The molecule has 1 atom stereocenters. The lowest BCUT2D eigenvalue weighted by molar-refractivity contribution is 0.0556. The average Bonchev–Trinajstić information content (AvgIpc) is 2.51. The molecule has 1 aromatic heterocycles. The summed E-state index contributed by atoms with van der Waals surface area (Å²) in [6, 6.07) is 3.83. The molecule has 2 heterocycles. The van der Waals surface area contributed by atoms with E-state index in [1.54, 1.807) is 11.1 Å². The van der Waals surface area contributed by atoms with E-state index in [9.17, 15) is 13.2 Å². The molecular formula is C18H28N2O5S. The van der Waals surface area contributed by atoms with Crippen molar-refractivity contribution in [1.82, 2.24) is 4.98 Å². The molecule has 146 valence electrons. The highest BCUT2D eigenvalue weighted by molar-refractivity contribution is 7.85. The Balaban J connectivity index is 2.05. The highest BCUT2D eigenvalue weighted by Crippen LogP contribution is 2.32. The first-order chi connectivity index (χ1) is 12.1. The van der Waals surface area contributed by atoms with Crippen molar-refractivity contribution < 1.29 is 22.1 Å². The van der Waals surface area contributed by atoms with E-state index in [0.717, 1.165) is 37.5 Å². The maximum absolute atomic E-state index is 12.8. The van der Waals surface area contributed by atoms with E-state index in [-0.39, 0.29) is 12.6 Å². The van der Waals surface area contributed by atoms with Crippen molar-refractivity contribution in [3.63, 3.8) is 0 Å². The Kier molecular flexibility index (Phi) is 6.63. The Labute approximate surface area is 155 Å². The van der Waals surface area contributed by atoms with Crippen LogP contribution in [0.3, 0.4) is 0 Å². The number of amides is 1. The summed E-state index contributed by atoms with van der Waals surface area (Å²) in [4.78, 5) is 18.8. The lowest BCUT2D eigenvalue weighted by atomic mass is 9.95. The Morgan fingerprint density at radius 2 is 2.08 bits per heavy atom. The Morgan fingerprint density at radius 3 is 2.73 bits per heavy atom. The lowest BCUT2D eigenvalue weighted by Gasteiger charge is -2.37. The molecule has 0 N–H and O–H groups in total. The van der Waals surface area contributed by atoms with Crippen molar-refractivity contribution in [1.29, 1.82) is 0 Å². The molecule has 1 amide bonds. The summed E-state index contributed by atoms with van der Waals surface area (Å²) in [5, 5.41) is 0. The molecule has 0 spiro atoms. The molecule has 0 fully saturated rings. The molecule has 1 aliphatic rings. The minimum Gasteiger partial charge on any atom is -0.443 e. The second kappa shape index (κ2) is 8.35. The van der Waals surface area contributed by atoms with Crippen LogP contribution in [0, 0.1) is 0 Å². The van der Waals surface area contributed by atoms with E-state index >= 15 is 0 Å². The number of ether oxygens (including phenoxy) is 1. The van der Waals surface area contributed by atoms with Crippen LogP contribution in [0.4, 0.5) is 10.6 Å². The van der Waals surface area contributed by atoms with Crippen LogP contribution in [0.5, 0.6) is 0 Å². The van der Waals surface area contributed by atoms with Crippen molar-refractivity contribution in [3.05, 3.63) is 23.9 Å². The van der Waals surface area contributed by atoms with Crippen LogP contribution in [0.1, 0.15) is 52.0 Å². The Morgan fingerprint density at radius 1 is 1.35 bits per heavy atom. The third-order valence-electron chi connectivity index (χ3n) is 4.03. The van der Waals surface area contributed by atoms with Gasteiger partial charge in [0.05, 0.1) is 12.9 Å². The molecule has 2 rings (SSSR count). The van der Waals surface area contributed by atoms with Gasteiger partial charge < -0.3 is 4.74 Å². The van der Waals surface area contributed by atoms with Crippen LogP contribution in [0.15, 0.2) is 18.3 Å². The number of hydrogen-bond donors (Lipinski definition) is 0. The number of carbonyl (C=O) groups is 1. The van der Waals surface area contributed by atoms with Crippen LogP contribution in [0.2, 0.25) is 0 Å². The van der Waals surface area contributed by atoms with Gasteiger partial charge in [0.15, 0.2) is 0 Å². The lowest BCUT2D eigenvalue weighted by Crippen LogP contribution is -2.46. The van der Waals surface area contributed by atoms with E-state index in [4.69, 9.17) is 8.92 Å². The van der Waals surface area contributed by atoms with Gasteiger partial charge in [-0.2, -0.15) is 8.42 Å². The fourth-order valence-corrected chi connectivity index (χ4v) is 3.40. The van der Waals surface area contributed by atoms with Gasteiger partial charge in [-0.15, -0.1) is 0 Å². The normalized spacial score (nSPS) is 17.7. The number of fused-ring (bicyclic) bond motifs is 1. The maximum atomic E-state index is 12.8. The van der Waals surface area contributed by atoms with Crippen LogP contribution < -0.4 is 4.90 Å². The van der Waals surface area contributed by atoms with Crippen LogP contribution >= 0.6 is 0 Å². The van der Waals surface area contributed by atoms with E-state index in [0.29, 0.717) is 12.2 Å². The summed E-state index contributed by atoms with van der Waals surface area (Å²) in [6.45, 7) is 5.68. The van der Waals surface area contributed by atoms with Gasteiger partial charge in [-0.1, -0.05) is 6.07 Å². The van der Waals surface area contributed by atoms with Crippen LogP contribution in [-0.2, 0) is 25.5 Å². The molecule has 0 radical (unpaired) electrons. The third-order valence-corrected chi connectivity index (χ3v) is 4.62. The molecule has 8 heteroatoms. The molecule has 0 aromatic carbocycles. The van der Waals surface area contributed by atoms with Gasteiger partial charge in [-0.3, -0.25) is 9.08 Å². The number of unbranched alkanes of at least 4 members (excludes halogenated alkanes) is 1. The third kappa shape index (κ3) is 6.25. The van der Waals surface area contributed by atoms with Crippen LogP contribution in [-0.4, -0.2) is 44.0 Å². The molecule has 7 nitrogen and oxygen atoms in total. The molecule has 1 aliphatic heterocycles. The fraction of sp³-hybridized carbons (Fsp3) is 0.667. The number of rotatable bonds is 6. The van der Waals surface area contributed by atoms with E-state index in [1.807, 2.05) is 32.9 Å². The van der Waals surface area contributed by atoms with E-state index in [2.05, 4.69) is 4.98 Å². The molecule has 26 heavy (non-hydrogen) atoms. The minimum atomic E-state index is -3.41. The SMILES string of the molecule is CC(C)(C)OC(=O)N1c2ncccc2CCC1CCCCOS(C)(=O)=O. The summed E-state index contributed by atoms with van der Waals surface area (Å²) >= 11 is 0. The zero-order valence-electron chi connectivity index (χ0n) is 15.9. The highest BCUT2D eigenvalue weighted by Gasteiger charge is 2.34. The van der Waals surface area contributed by atoms with Gasteiger partial charge in [0, 0.05) is 12.2 Å². The van der Waals surface area contributed by atoms with Gasteiger partial charge in [0.1, 0.15) is 11.4 Å². The number of nitrogens with zero attached hydrogens (tertiary/aromatic N) is 2. The Bertz CT molecular complexity index is 727. The molecule has 0 saturated heterocycles. The number of aryl methyl sites for hydroxylation is 1. The van der Waals surface area contributed by atoms with E-state index < -0.39 is 21.8 Å². The summed E-state index contributed by atoms with van der Waals surface area (Å²) in [6.07, 6.45) is 6.11. The van der Waals surface area contributed by atoms with Gasteiger partial charge in [0.25, 0.3) is 10.1 Å². The summed E-state index contributed by atoms with van der Waals surface area (Å²) in [5.41, 5.74) is 0.451. The second-order valence-corrected chi connectivity index (χ2v) is 9.19. The van der Waals surface area contributed by atoms with E-state index in [1.165, 1.54) is 0 Å². The summed E-state index contributed by atoms with van der Waals surface area (Å²) < 4.78 is 32.4. The fourth-order valence-electron chi connectivity index (χ4n) is 2.98. The predicted octanol–water partition coefficient (Wildman–Crippen LogP) is 3.28. The zero-order chi connectivity index (χ0) is 19.4. The summed E-state index contributed by atoms with van der Waals surface area (Å²) in [7, 11) is -3.41. The number of aromatic nitrogens is 1. The molecule has 1 unspecified atom stereocenters. The van der Waals surface area contributed by atoms with Crippen molar-refractivity contribution in [2.24, 2.45) is 0 Å². The van der Waals surface area contributed by atoms with Gasteiger partial charge in [0.2, 0.25) is 0 Å². The smallest absolute Gasteiger partial charge is 0.416 e. The average molecular weight is 384 g/mol. The Hall–Kier alpha value is -1.67. The number of carbonyl (C=O) groups excluding carboxylic acids is 1. The molecule has 0 saturated carbocycles. The molecule has 1 aromatic rings. The first kappa shape index (κ1) is 20.6. The number of anilines is 1. The minimum absolute atomic E-state index is 0.0227. The monoisotopic (exact) mass is 384 g/mol. The predicted molar refractivity (Wildman–Crippen MR) is 99.7 cm³/mol. The molecule has 0 bridgehead atoms. The second-order valence-electron chi connectivity index (χ2n) is 7.55. The van der Waals surface area contributed by atoms with Gasteiger partial charge in [-0.05, 0) is 64.5 Å². The van der Waals surface area contributed by atoms with Crippen molar-refractivity contribution in [2.75, 3.05) is 17.8 Å². The first-order valence-electron chi connectivity index (χ1n) is 8.87. The maximum Gasteiger partial charge on any atom is 0.416 e. The topological polar surface area (TPSA) is 85.8 Å². The van der Waals surface area contributed by atoms with Crippen molar-refractivity contribution in [2.45, 2.75) is 64.5 Å². The highest BCUT2D eigenvalue weighted by atomic mass is 32.2. The van der Waals surface area contributed by atoms with Gasteiger partial charge >= 0.3 is 6.09 Å². The largest absolute Gasteiger partial charge is 0.443 e. The molecule has 0 aliphatic carbocycles. The van der Waals surface area contributed by atoms with Crippen molar-refractivity contribution in [3.8, 4) is 0 Å².